The van der Waals surface area contributed by atoms with Crippen LogP contribution in [-0.4, -0.2) is 43.0 Å². The molecule has 4 rings (SSSR count). The van der Waals surface area contributed by atoms with Crippen molar-refractivity contribution in [1.29, 1.82) is 0 Å². The molecule has 1 aliphatic heterocycles. The number of piperidine rings is 1. The third-order valence-electron chi connectivity index (χ3n) is 5.12. The summed E-state index contributed by atoms with van der Waals surface area (Å²) in [6.07, 6.45) is 9.26. The highest BCUT2D eigenvalue weighted by Crippen LogP contribution is 2.22. The van der Waals surface area contributed by atoms with Crippen molar-refractivity contribution < 1.29 is 4.79 Å². The van der Waals surface area contributed by atoms with E-state index in [1.165, 1.54) is 10.9 Å². The van der Waals surface area contributed by atoms with Gasteiger partial charge in [0.1, 0.15) is 0 Å². The van der Waals surface area contributed by atoms with Crippen molar-refractivity contribution in [1.82, 2.24) is 24.0 Å². The van der Waals surface area contributed by atoms with Crippen LogP contribution in [0.4, 0.5) is 0 Å². The van der Waals surface area contributed by atoms with Crippen LogP contribution in [-0.2, 0) is 11.3 Å². The SMILES string of the molecule is O=C(CCn1cnc2ccc(Br)cc2c1=O)N1CCC(n2ccnc2)CC1. The van der Waals surface area contributed by atoms with Crippen LogP contribution in [0.25, 0.3) is 10.9 Å². The molecule has 0 bridgehead atoms. The maximum absolute atomic E-state index is 12.6. The highest BCUT2D eigenvalue weighted by molar-refractivity contribution is 9.10. The molecular weight excluding hydrogens is 410 g/mol. The first-order chi connectivity index (χ1) is 13.1. The molecule has 27 heavy (non-hydrogen) atoms. The van der Waals surface area contributed by atoms with Gasteiger partial charge < -0.3 is 9.47 Å². The number of imidazole rings is 1. The zero-order valence-electron chi connectivity index (χ0n) is 14.8. The summed E-state index contributed by atoms with van der Waals surface area (Å²) < 4.78 is 4.47. The Labute approximate surface area is 164 Å². The Kier molecular flexibility index (Phi) is 5.07. The van der Waals surface area contributed by atoms with Crippen molar-refractivity contribution in [3.63, 3.8) is 0 Å². The molecule has 1 fully saturated rings. The lowest BCUT2D eigenvalue weighted by atomic mass is 10.0. The van der Waals surface area contributed by atoms with Gasteiger partial charge in [0.15, 0.2) is 0 Å². The fourth-order valence-corrected chi connectivity index (χ4v) is 3.92. The summed E-state index contributed by atoms with van der Waals surface area (Å²) in [5, 5.41) is 0.556. The molecule has 1 aromatic carbocycles. The number of carbonyl (C=O) groups excluding carboxylic acids is 1. The van der Waals surface area contributed by atoms with E-state index in [2.05, 4.69) is 30.5 Å². The average Bonchev–Trinajstić information content (AvgIpc) is 3.23. The van der Waals surface area contributed by atoms with Gasteiger partial charge in [0.2, 0.25) is 5.91 Å². The van der Waals surface area contributed by atoms with Crippen LogP contribution in [0.15, 0.2) is 52.5 Å². The lowest BCUT2D eigenvalue weighted by molar-refractivity contribution is -0.132. The van der Waals surface area contributed by atoms with Crippen LogP contribution < -0.4 is 5.56 Å². The van der Waals surface area contributed by atoms with Gasteiger partial charge in [0, 0.05) is 49.0 Å². The number of aryl methyl sites for hydroxylation is 1. The predicted molar refractivity (Wildman–Crippen MR) is 105 cm³/mol. The molecule has 8 heteroatoms. The van der Waals surface area contributed by atoms with E-state index in [-0.39, 0.29) is 11.5 Å². The molecule has 0 atom stereocenters. The first-order valence-electron chi connectivity index (χ1n) is 9.02. The number of hydrogen-bond donors (Lipinski definition) is 0. The van der Waals surface area contributed by atoms with Crippen molar-refractivity contribution in [3.05, 3.63) is 58.1 Å². The lowest BCUT2D eigenvalue weighted by Gasteiger charge is -2.32. The Balaban J connectivity index is 1.38. The van der Waals surface area contributed by atoms with Crippen LogP contribution in [0.1, 0.15) is 25.3 Å². The number of fused-ring (bicyclic) bond motifs is 1. The topological polar surface area (TPSA) is 73.0 Å². The van der Waals surface area contributed by atoms with Gasteiger partial charge in [-0.05, 0) is 31.0 Å². The highest BCUT2D eigenvalue weighted by atomic mass is 79.9. The van der Waals surface area contributed by atoms with E-state index in [1.54, 1.807) is 18.3 Å². The van der Waals surface area contributed by atoms with Crippen molar-refractivity contribution >= 4 is 32.7 Å². The second-order valence-corrected chi connectivity index (χ2v) is 7.69. The minimum absolute atomic E-state index is 0.0836. The van der Waals surface area contributed by atoms with Crippen LogP contribution in [0, 0.1) is 0 Å². The quantitative estimate of drug-likeness (QED) is 0.638. The second-order valence-electron chi connectivity index (χ2n) is 6.78. The van der Waals surface area contributed by atoms with Crippen molar-refractivity contribution in [3.8, 4) is 0 Å². The van der Waals surface area contributed by atoms with E-state index in [0.717, 1.165) is 30.4 Å². The number of nitrogens with zero attached hydrogens (tertiary/aromatic N) is 5. The van der Waals surface area contributed by atoms with E-state index in [4.69, 9.17) is 0 Å². The molecule has 3 heterocycles. The molecule has 140 valence electrons. The summed E-state index contributed by atoms with van der Waals surface area (Å²) in [6.45, 7) is 1.81. The Morgan fingerprint density at radius 3 is 2.78 bits per heavy atom. The third-order valence-corrected chi connectivity index (χ3v) is 5.61. The summed E-state index contributed by atoms with van der Waals surface area (Å²) in [7, 11) is 0. The molecule has 1 aliphatic rings. The van der Waals surface area contributed by atoms with Gasteiger partial charge in [-0.1, -0.05) is 15.9 Å². The highest BCUT2D eigenvalue weighted by Gasteiger charge is 2.23. The fraction of sp³-hybridized carbons (Fsp3) is 0.368. The summed E-state index contributed by atoms with van der Waals surface area (Å²) >= 11 is 3.38. The Hall–Kier alpha value is -2.48. The molecule has 0 unspecified atom stereocenters. The third kappa shape index (κ3) is 3.80. The zero-order valence-corrected chi connectivity index (χ0v) is 16.4. The summed E-state index contributed by atoms with van der Waals surface area (Å²) in [5.74, 6) is 0.0836. The van der Waals surface area contributed by atoms with Gasteiger partial charge in [0.25, 0.3) is 5.56 Å². The molecule has 2 aromatic heterocycles. The minimum atomic E-state index is -0.118. The Bertz CT molecular complexity index is 1010. The van der Waals surface area contributed by atoms with E-state index in [9.17, 15) is 9.59 Å². The number of amides is 1. The van der Waals surface area contributed by atoms with E-state index in [0.29, 0.717) is 29.9 Å². The molecule has 0 N–H and O–H groups in total. The van der Waals surface area contributed by atoms with Crippen LogP contribution >= 0.6 is 15.9 Å². The maximum Gasteiger partial charge on any atom is 0.261 e. The van der Waals surface area contributed by atoms with Gasteiger partial charge in [0.05, 0.1) is 23.6 Å². The monoisotopic (exact) mass is 429 g/mol. The molecule has 1 saturated heterocycles. The fourth-order valence-electron chi connectivity index (χ4n) is 3.56. The van der Waals surface area contributed by atoms with Crippen molar-refractivity contribution in [2.75, 3.05) is 13.1 Å². The van der Waals surface area contributed by atoms with E-state index < -0.39 is 0 Å². The largest absolute Gasteiger partial charge is 0.342 e. The first kappa shape index (κ1) is 17.9. The number of hydrogen-bond acceptors (Lipinski definition) is 4. The predicted octanol–water partition coefficient (Wildman–Crippen LogP) is 2.61. The molecule has 0 spiro atoms. The van der Waals surface area contributed by atoms with Gasteiger partial charge in [-0.25, -0.2) is 9.97 Å². The van der Waals surface area contributed by atoms with Gasteiger partial charge >= 0.3 is 0 Å². The standard InChI is InChI=1S/C19H20BrN5O2/c20-14-1-2-17-16(11-14)19(27)25(13-22-17)9-5-18(26)23-7-3-15(4-8-23)24-10-6-21-12-24/h1-2,6,10-13,15H,3-5,7-9H2. The Morgan fingerprint density at radius 1 is 1.22 bits per heavy atom. The van der Waals surface area contributed by atoms with Gasteiger partial charge in [-0.3, -0.25) is 14.2 Å². The zero-order chi connectivity index (χ0) is 18.8. The van der Waals surface area contributed by atoms with E-state index in [1.807, 2.05) is 23.5 Å². The second kappa shape index (κ2) is 7.64. The normalized spacial score (nSPS) is 15.4. The maximum atomic E-state index is 12.6. The van der Waals surface area contributed by atoms with Crippen molar-refractivity contribution in [2.24, 2.45) is 0 Å². The molecule has 7 nitrogen and oxygen atoms in total. The number of carbonyl (C=O) groups is 1. The minimum Gasteiger partial charge on any atom is -0.342 e. The van der Waals surface area contributed by atoms with Crippen LogP contribution in [0.2, 0.25) is 0 Å². The number of likely N-dealkylation sites (tertiary alicyclic amines) is 1. The lowest BCUT2D eigenvalue weighted by Crippen LogP contribution is -2.39. The Morgan fingerprint density at radius 2 is 2.04 bits per heavy atom. The molecule has 1 amide bonds. The molecule has 0 aliphatic carbocycles. The van der Waals surface area contributed by atoms with Crippen LogP contribution in [0.3, 0.4) is 0 Å². The first-order valence-corrected chi connectivity index (χ1v) is 9.81. The van der Waals surface area contributed by atoms with Gasteiger partial charge in [-0.2, -0.15) is 0 Å². The number of aromatic nitrogens is 4. The molecule has 0 radical (unpaired) electrons. The summed E-state index contributed by atoms with van der Waals surface area (Å²) in [5.41, 5.74) is 0.542. The molecule has 3 aromatic rings. The summed E-state index contributed by atoms with van der Waals surface area (Å²) in [4.78, 5) is 35.5. The molecular formula is C19H20BrN5O2. The van der Waals surface area contributed by atoms with Crippen LogP contribution in [0.5, 0.6) is 0 Å². The molecule has 0 saturated carbocycles. The number of benzene rings is 1. The van der Waals surface area contributed by atoms with E-state index >= 15 is 0 Å². The summed E-state index contributed by atoms with van der Waals surface area (Å²) in [6, 6.07) is 5.84. The average molecular weight is 430 g/mol. The smallest absolute Gasteiger partial charge is 0.261 e. The number of rotatable bonds is 4. The van der Waals surface area contributed by atoms with Crippen molar-refractivity contribution in [2.45, 2.75) is 31.8 Å². The van der Waals surface area contributed by atoms with Gasteiger partial charge in [-0.15, -0.1) is 0 Å². The number of halogens is 1.